The second-order valence-corrected chi connectivity index (χ2v) is 5.15. The van der Waals surface area contributed by atoms with Crippen LogP contribution in [-0.4, -0.2) is 19.0 Å². The van der Waals surface area contributed by atoms with Crippen molar-refractivity contribution in [3.8, 4) is 0 Å². The van der Waals surface area contributed by atoms with Gasteiger partial charge in [0, 0.05) is 5.69 Å². The molecule has 2 N–H and O–H groups in total. The second-order valence-electron chi connectivity index (χ2n) is 5.15. The third kappa shape index (κ3) is 4.23. The lowest BCUT2D eigenvalue weighted by atomic mass is 10.1. The van der Waals surface area contributed by atoms with E-state index in [2.05, 4.69) is 10.6 Å². The molecule has 0 atom stereocenters. The Kier molecular flexibility index (Phi) is 4.32. The van der Waals surface area contributed by atoms with Crippen molar-refractivity contribution in [1.29, 1.82) is 0 Å². The van der Waals surface area contributed by atoms with Crippen LogP contribution in [0, 0.1) is 12.8 Å². The molecule has 0 bridgehead atoms. The summed E-state index contributed by atoms with van der Waals surface area (Å²) in [6.07, 6.45) is -2.04. The Hall–Kier alpha value is -1.56. The van der Waals surface area contributed by atoms with Crippen molar-refractivity contribution in [3.05, 3.63) is 29.3 Å². The summed E-state index contributed by atoms with van der Waals surface area (Å²) >= 11 is 0. The van der Waals surface area contributed by atoms with Crippen LogP contribution in [0.2, 0.25) is 0 Å². The lowest BCUT2D eigenvalue weighted by Gasteiger charge is -2.13. The number of rotatable bonds is 5. The molecule has 0 aromatic heterocycles. The molecular formula is C14H17F3N2O. The summed E-state index contributed by atoms with van der Waals surface area (Å²) in [5.41, 5.74) is -0.412. The lowest BCUT2D eigenvalue weighted by molar-refractivity contribution is -0.138. The summed E-state index contributed by atoms with van der Waals surface area (Å²) in [6, 6.07) is 3.80. The fourth-order valence-corrected chi connectivity index (χ4v) is 1.92. The minimum Gasteiger partial charge on any atom is -0.325 e. The van der Waals surface area contributed by atoms with Crippen LogP contribution in [0.25, 0.3) is 0 Å². The smallest absolute Gasteiger partial charge is 0.325 e. The lowest BCUT2D eigenvalue weighted by Crippen LogP contribution is -2.29. The van der Waals surface area contributed by atoms with E-state index in [9.17, 15) is 18.0 Å². The first-order valence-electron chi connectivity index (χ1n) is 6.54. The molecule has 1 aliphatic carbocycles. The Labute approximate surface area is 115 Å². The first kappa shape index (κ1) is 14.8. The first-order chi connectivity index (χ1) is 9.36. The van der Waals surface area contributed by atoms with Crippen molar-refractivity contribution in [3.63, 3.8) is 0 Å². The number of anilines is 1. The normalized spacial score (nSPS) is 15.2. The molecular weight excluding hydrogens is 269 g/mol. The summed E-state index contributed by atoms with van der Waals surface area (Å²) in [4.78, 5) is 11.6. The van der Waals surface area contributed by atoms with Gasteiger partial charge in [-0.3, -0.25) is 4.79 Å². The Morgan fingerprint density at radius 1 is 1.35 bits per heavy atom. The van der Waals surface area contributed by atoms with Gasteiger partial charge in [0.1, 0.15) is 0 Å². The molecule has 1 aromatic rings. The Balaban J connectivity index is 1.92. The SMILES string of the molecule is Cc1ccc(NC(=O)CNCC2CC2)cc1C(F)(F)F. The molecule has 0 saturated heterocycles. The largest absolute Gasteiger partial charge is 0.416 e. The highest BCUT2D eigenvalue weighted by molar-refractivity contribution is 5.92. The van der Waals surface area contributed by atoms with Crippen molar-refractivity contribution < 1.29 is 18.0 Å². The van der Waals surface area contributed by atoms with Crippen LogP contribution >= 0.6 is 0 Å². The fourth-order valence-electron chi connectivity index (χ4n) is 1.92. The molecule has 0 spiro atoms. The van der Waals surface area contributed by atoms with E-state index in [1.165, 1.54) is 31.9 Å². The standard InChI is InChI=1S/C14H17F3N2O/c1-9-2-5-11(6-12(9)14(15,16)17)19-13(20)8-18-7-10-3-4-10/h2,5-6,10,18H,3-4,7-8H2,1H3,(H,19,20). The maximum absolute atomic E-state index is 12.7. The molecule has 1 amide bonds. The summed E-state index contributed by atoms with van der Waals surface area (Å²) in [5, 5.41) is 5.46. The van der Waals surface area contributed by atoms with E-state index >= 15 is 0 Å². The minimum absolute atomic E-state index is 0.117. The van der Waals surface area contributed by atoms with Crippen molar-refractivity contribution in [2.45, 2.75) is 25.9 Å². The van der Waals surface area contributed by atoms with Crippen LogP contribution in [0.3, 0.4) is 0 Å². The predicted octanol–water partition coefficient (Wildman–Crippen LogP) is 2.95. The Morgan fingerprint density at radius 3 is 2.65 bits per heavy atom. The van der Waals surface area contributed by atoms with E-state index in [1.54, 1.807) is 0 Å². The number of carbonyl (C=O) groups excluding carboxylic acids is 1. The summed E-state index contributed by atoms with van der Waals surface area (Å²) in [5.74, 6) is 0.321. The molecule has 0 heterocycles. The monoisotopic (exact) mass is 286 g/mol. The molecule has 1 aliphatic rings. The van der Waals surface area contributed by atoms with E-state index in [0.717, 1.165) is 12.6 Å². The second kappa shape index (κ2) is 5.83. The van der Waals surface area contributed by atoms with Crippen LogP contribution in [0.15, 0.2) is 18.2 Å². The molecule has 20 heavy (non-hydrogen) atoms. The van der Waals surface area contributed by atoms with Gasteiger partial charge >= 0.3 is 6.18 Å². The van der Waals surface area contributed by atoms with Crippen LogP contribution in [0.4, 0.5) is 18.9 Å². The number of halogens is 3. The summed E-state index contributed by atoms with van der Waals surface area (Å²) < 4.78 is 38.2. The van der Waals surface area contributed by atoms with Gasteiger partial charge in [-0.25, -0.2) is 0 Å². The van der Waals surface area contributed by atoms with Gasteiger partial charge < -0.3 is 10.6 Å². The number of benzene rings is 1. The van der Waals surface area contributed by atoms with Crippen LogP contribution in [0.5, 0.6) is 0 Å². The van der Waals surface area contributed by atoms with E-state index in [4.69, 9.17) is 0 Å². The molecule has 1 saturated carbocycles. The van der Waals surface area contributed by atoms with Gasteiger partial charge in [0.2, 0.25) is 5.91 Å². The highest BCUT2D eigenvalue weighted by Gasteiger charge is 2.32. The maximum Gasteiger partial charge on any atom is 0.416 e. The minimum atomic E-state index is -4.41. The topological polar surface area (TPSA) is 41.1 Å². The average Bonchev–Trinajstić information content (AvgIpc) is 3.14. The van der Waals surface area contributed by atoms with Gasteiger partial charge in [0.25, 0.3) is 0 Å². The Morgan fingerprint density at radius 2 is 2.05 bits per heavy atom. The molecule has 110 valence electrons. The molecule has 2 rings (SSSR count). The fraction of sp³-hybridized carbons (Fsp3) is 0.500. The predicted molar refractivity (Wildman–Crippen MR) is 70.4 cm³/mol. The molecule has 6 heteroatoms. The molecule has 0 radical (unpaired) electrons. The maximum atomic E-state index is 12.7. The average molecular weight is 286 g/mol. The zero-order valence-electron chi connectivity index (χ0n) is 11.2. The van der Waals surface area contributed by atoms with E-state index in [0.29, 0.717) is 5.92 Å². The third-order valence-electron chi connectivity index (χ3n) is 3.24. The third-order valence-corrected chi connectivity index (χ3v) is 3.24. The summed E-state index contributed by atoms with van der Waals surface area (Å²) in [6.45, 7) is 2.30. The highest BCUT2D eigenvalue weighted by atomic mass is 19.4. The molecule has 1 fully saturated rings. The van der Waals surface area contributed by atoms with Crippen LogP contribution < -0.4 is 10.6 Å². The van der Waals surface area contributed by atoms with E-state index in [1.807, 2.05) is 0 Å². The number of hydrogen-bond acceptors (Lipinski definition) is 2. The molecule has 3 nitrogen and oxygen atoms in total. The van der Waals surface area contributed by atoms with E-state index < -0.39 is 11.7 Å². The number of aryl methyl sites for hydroxylation is 1. The van der Waals surface area contributed by atoms with Gasteiger partial charge in [0.05, 0.1) is 12.1 Å². The van der Waals surface area contributed by atoms with Crippen molar-refractivity contribution >= 4 is 11.6 Å². The van der Waals surface area contributed by atoms with Crippen molar-refractivity contribution in [2.24, 2.45) is 5.92 Å². The van der Waals surface area contributed by atoms with E-state index in [-0.39, 0.29) is 23.7 Å². The molecule has 1 aromatic carbocycles. The number of alkyl halides is 3. The first-order valence-corrected chi connectivity index (χ1v) is 6.54. The van der Waals surface area contributed by atoms with Crippen LogP contribution in [-0.2, 0) is 11.0 Å². The van der Waals surface area contributed by atoms with Gasteiger partial charge in [0.15, 0.2) is 0 Å². The zero-order valence-corrected chi connectivity index (χ0v) is 11.2. The summed E-state index contributed by atoms with van der Waals surface area (Å²) in [7, 11) is 0. The number of nitrogens with one attached hydrogen (secondary N) is 2. The molecule has 0 unspecified atom stereocenters. The van der Waals surface area contributed by atoms with Crippen LogP contribution in [0.1, 0.15) is 24.0 Å². The van der Waals surface area contributed by atoms with Gasteiger partial charge in [-0.1, -0.05) is 6.07 Å². The van der Waals surface area contributed by atoms with Crippen molar-refractivity contribution in [2.75, 3.05) is 18.4 Å². The van der Waals surface area contributed by atoms with Crippen molar-refractivity contribution in [1.82, 2.24) is 5.32 Å². The quantitative estimate of drug-likeness (QED) is 0.873. The number of hydrogen-bond donors (Lipinski definition) is 2. The number of amides is 1. The van der Waals surface area contributed by atoms with Gasteiger partial charge in [-0.2, -0.15) is 13.2 Å². The Bertz CT molecular complexity index is 496. The number of carbonyl (C=O) groups is 1. The molecule has 0 aliphatic heterocycles. The highest BCUT2D eigenvalue weighted by Crippen LogP contribution is 2.33. The zero-order chi connectivity index (χ0) is 14.8. The van der Waals surface area contributed by atoms with Gasteiger partial charge in [-0.05, 0) is 49.9 Å². The van der Waals surface area contributed by atoms with Gasteiger partial charge in [-0.15, -0.1) is 0 Å².